The predicted octanol–water partition coefficient (Wildman–Crippen LogP) is 1.38. The zero-order chi connectivity index (χ0) is 12.4. The molecule has 0 aliphatic carbocycles. The standard InChI is InChI=1S/C12H15N5O/c1-8-6-9(2-3-14-8)12-16-11(17-18-12)10-7-13-4-5-15-10/h4-5,7-9,14H,2-3,6H2,1H3. The molecule has 1 aliphatic rings. The Morgan fingerprint density at radius 2 is 2.33 bits per heavy atom. The molecule has 6 nitrogen and oxygen atoms in total. The van der Waals surface area contributed by atoms with Crippen molar-refractivity contribution < 1.29 is 4.52 Å². The van der Waals surface area contributed by atoms with Gasteiger partial charge in [-0.15, -0.1) is 0 Å². The minimum atomic E-state index is 0.346. The topological polar surface area (TPSA) is 76.7 Å². The van der Waals surface area contributed by atoms with Gasteiger partial charge in [0.15, 0.2) is 0 Å². The van der Waals surface area contributed by atoms with Gasteiger partial charge in [0.1, 0.15) is 5.69 Å². The van der Waals surface area contributed by atoms with Gasteiger partial charge in [-0.2, -0.15) is 4.98 Å². The Kier molecular flexibility index (Phi) is 3.02. The molecule has 2 aromatic heterocycles. The zero-order valence-corrected chi connectivity index (χ0v) is 10.2. The van der Waals surface area contributed by atoms with Gasteiger partial charge >= 0.3 is 0 Å². The smallest absolute Gasteiger partial charge is 0.230 e. The highest BCUT2D eigenvalue weighted by Gasteiger charge is 2.25. The first-order valence-electron chi connectivity index (χ1n) is 6.16. The van der Waals surface area contributed by atoms with Crippen molar-refractivity contribution in [2.45, 2.75) is 31.7 Å². The molecule has 6 heteroatoms. The highest BCUT2D eigenvalue weighted by Crippen LogP contribution is 2.27. The van der Waals surface area contributed by atoms with E-state index in [1.165, 1.54) is 0 Å². The van der Waals surface area contributed by atoms with Gasteiger partial charge in [0.05, 0.1) is 6.20 Å². The van der Waals surface area contributed by atoms with Gasteiger partial charge < -0.3 is 9.84 Å². The van der Waals surface area contributed by atoms with Crippen molar-refractivity contribution in [1.82, 2.24) is 25.4 Å². The number of hydrogen-bond donors (Lipinski definition) is 1. The summed E-state index contributed by atoms with van der Waals surface area (Å²) in [6.45, 7) is 3.17. The van der Waals surface area contributed by atoms with Crippen LogP contribution in [0.3, 0.4) is 0 Å². The zero-order valence-electron chi connectivity index (χ0n) is 10.2. The molecule has 1 saturated heterocycles. The molecular formula is C12H15N5O. The number of aromatic nitrogens is 4. The largest absolute Gasteiger partial charge is 0.339 e. The second-order valence-corrected chi connectivity index (χ2v) is 4.62. The van der Waals surface area contributed by atoms with Crippen molar-refractivity contribution in [3.63, 3.8) is 0 Å². The Morgan fingerprint density at radius 1 is 1.39 bits per heavy atom. The van der Waals surface area contributed by atoms with E-state index in [0.717, 1.165) is 19.4 Å². The first-order valence-corrected chi connectivity index (χ1v) is 6.16. The fourth-order valence-corrected chi connectivity index (χ4v) is 2.28. The molecule has 0 amide bonds. The summed E-state index contributed by atoms with van der Waals surface area (Å²) in [6.07, 6.45) is 6.95. The van der Waals surface area contributed by atoms with Crippen LogP contribution in [0.15, 0.2) is 23.1 Å². The van der Waals surface area contributed by atoms with Gasteiger partial charge in [0.25, 0.3) is 0 Å². The lowest BCUT2D eigenvalue weighted by Gasteiger charge is -2.25. The summed E-state index contributed by atoms with van der Waals surface area (Å²) >= 11 is 0. The molecule has 2 aromatic rings. The van der Waals surface area contributed by atoms with E-state index in [0.29, 0.717) is 29.4 Å². The number of nitrogens with one attached hydrogen (secondary N) is 1. The lowest BCUT2D eigenvalue weighted by atomic mass is 9.93. The lowest BCUT2D eigenvalue weighted by molar-refractivity contribution is 0.295. The summed E-state index contributed by atoms with van der Waals surface area (Å²) in [4.78, 5) is 12.6. The first kappa shape index (κ1) is 11.3. The van der Waals surface area contributed by atoms with E-state index in [9.17, 15) is 0 Å². The van der Waals surface area contributed by atoms with Gasteiger partial charge in [-0.1, -0.05) is 5.16 Å². The average molecular weight is 245 g/mol. The minimum absolute atomic E-state index is 0.346. The predicted molar refractivity (Wildman–Crippen MR) is 64.8 cm³/mol. The van der Waals surface area contributed by atoms with Gasteiger partial charge in [0, 0.05) is 24.4 Å². The maximum Gasteiger partial charge on any atom is 0.230 e. The van der Waals surface area contributed by atoms with Crippen LogP contribution in [-0.4, -0.2) is 32.7 Å². The van der Waals surface area contributed by atoms with Gasteiger partial charge in [-0.05, 0) is 26.3 Å². The Hall–Kier alpha value is -1.82. The Morgan fingerprint density at radius 3 is 3.11 bits per heavy atom. The highest BCUT2D eigenvalue weighted by molar-refractivity contribution is 5.45. The average Bonchev–Trinajstić information content (AvgIpc) is 2.89. The summed E-state index contributed by atoms with van der Waals surface area (Å²) < 4.78 is 5.35. The molecule has 0 radical (unpaired) electrons. The second-order valence-electron chi connectivity index (χ2n) is 4.62. The number of piperidine rings is 1. The molecule has 3 heterocycles. The molecule has 0 aromatic carbocycles. The molecule has 1 N–H and O–H groups in total. The van der Waals surface area contributed by atoms with Crippen LogP contribution < -0.4 is 5.32 Å². The Labute approximate surface area is 105 Å². The fourth-order valence-electron chi connectivity index (χ4n) is 2.28. The molecule has 18 heavy (non-hydrogen) atoms. The van der Waals surface area contributed by atoms with E-state index in [2.05, 4.69) is 32.3 Å². The van der Waals surface area contributed by atoms with Gasteiger partial charge in [-0.25, -0.2) is 4.98 Å². The van der Waals surface area contributed by atoms with E-state index in [-0.39, 0.29) is 0 Å². The van der Waals surface area contributed by atoms with E-state index in [1.54, 1.807) is 18.6 Å². The number of rotatable bonds is 2. The van der Waals surface area contributed by atoms with E-state index >= 15 is 0 Å². The van der Waals surface area contributed by atoms with Gasteiger partial charge in [0.2, 0.25) is 11.7 Å². The van der Waals surface area contributed by atoms with Crippen molar-refractivity contribution >= 4 is 0 Å². The Bertz CT molecular complexity index is 512. The van der Waals surface area contributed by atoms with Gasteiger partial charge in [-0.3, -0.25) is 4.98 Å². The van der Waals surface area contributed by atoms with Crippen LogP contribution in [0.1, 0.15) is 31.6 Å². The van der Waals surface area contributed by atoms with Crippen LogP contribution >= 0.6 is 0 Å². The normalized spacial score (nSPS) is 24.1. The van der Waals surface area contributed by atoms with Crippen LogP contribution in [-0.2, 0) is 0 Å². The molecule has 3 rings (SSSR count). The molecule has 94 valence electrons. The van der Waals surface area contributed by atoms with Crippen LogP contribution in [0.4, 0.5) is 0 Å². The minimum Gasteiger partial charge on any atom is -0.339 e. The molecule has 0 spiro atoms. The van der Waals surface area contributed by atoms with Crippen molar-refractivity contribution in [2.24, 2.45) is 0 Å². The third kappa shape index (κ3) is 2.24. The van der Waals surface area contributed by atoms with Crippen LogP contribution in [0.25, 0.3) is 11.5 Å². The number of nitrogens with zero attached hydrogens (tertiary/aromatic N) is 4. The monoisotopic (exact) mass is 245 g/mol. The molecular weight excluding hydrogens is 230 g/mol. The van der Waals surface area contributed by atoms with E-state index < -0.39 is 0 Å². The molecule has 2 atom stereocenters. The van der Waals surface area contributed by atoms with Crippen molar-refractivity contribution in [3.8, 4) is 11.5 Å². The maximum absolute atomic E-state index is 5.35. The van der Waals surface area contributed by atoms with E-state index in [4.69, 9.17) is 4.52 Å². The summed E-state index contributed by atoms with van der Waals surface area (Å²) in [7, 11) is 0. The van der Waals surface area contributed by atoms with Crippen molar-refractivity contribution in [3.05, 3.63) is 24.5 Å². The summed E-state index contributed by atoms with van der Waals surface area (Å²) in [5.41, 5.74) is 0.648. The first-order chi connectivity index (χ1) is 8.83. The highest BCUT2D eigenvalue weighted by atomic mass is 16.5. The Balaban J connectivity index is 1.81. The third-order valence-corrected chi connectivity index (χ3v) is 3.21. The fraction of sp³-hybridized carbons (Fsp3) is 0.500. The maximum atomic E-state index is 5.35. The summed E-state index contributed by atoms with van der Waals surface area (Å²) in [6, 6.07) is 0.496. The molecule has 2 unspecified atom stereocenters. The lowest BCUT2D eigenvalue weighted by Crippen LogP contribution is -2.34. The van der Waals surface area contributed by atoms with E-state index in [1.807, 2.05) is 0 Å². The molecule has 1 fully saturated rings. The SMILES string of the molecule is CC1CC(c2nc(-c3cnccn3)no2)CCN1. The summed E-state index contributed by atoms with van der Waals surface area (Å²) in [5.74, 6) is 1.58. The van der Waals surface area contributed by atoms with Crippen molar-refractivity contribution in [2.75, 3.05) is 6.54 Å². The quantitative estimate of drug-likeness (QED) is 0.861. The third-order valence-electron chi connectivity index (χ3n) is 3.21. The number of hydrogen-bond acceptors (Lipinski definition) is 6. The van der Waals surface area contributed by atoms with Crippen LogP contribution in [0.2, 0.25) is 0 Å². The van der Waals surface area contributed by atoms with Crippen LogP contribution in [0.5, 0.6) is 0 Å². The summed E-state index contributed by atoms with van der Waals surface area (Å²) in [5, 5.41) is 7.39. The second kappa shape index (κ2) is 4.81. The molecule has 1 aliphatic heterocycles. The van der Waals surface area contributed by atoms with Crippen LogP contribution in [0, 0.1) is 0 Å². The molecule has 0 saturated carbocycles. The molecule has 0 bridgehead atoms. The van der Waals surface area contributed by atoms with Crippen molar-refractivity contribution in [1.29, 1.82) is 0 Å².